The monoisotopic (exact) mass is 298 g/mol. The molecule has 0 fully saturated rings. The van der Waals surface area contributed by atoms with Crippen LogP contribution in [0.15, 0.2) is 29.8 Å². The maximum Gasteiger partial charge on any atom is 0.143 e. The third-order valence-corrected chi connectivity index (χ3v) is 4.98. The van der Waals surface area contributed by atoms with Gasteiger partial charge in [0.1, 0.15) is 11.9 Å². The van der Waals surface area contributed by atoms with E-state index in [0.717, 1.165) is 26.1 Å². The number of anilines is 1. The van der Waals surface area contributed by atoms with Gasteiger partial charge in [-0.3, -0.25) is 4.90 Å². The first kappa shape index (κ1) is 14.1. The van der Waals surface area contributed by atoms with E-state index in [-0.39, 0.29) is 0 Å². The minimum atomic E-state index is 0.409. The van der Waals surface area contributed by atoms with Crippen LogP contribution in [0.5, 0.6) is 0 Å². The number of aromatic nitrogens is 1. The van der Waals surface area contributed by atoms with E-state index in [2.05, 4.69) is 39.6 Å². The van der Waals surface area contributed by atoms with Crippen LogP contribution in [0.25, 0.3) is 0 Å². The third-order valence-electron chi connectivity index (χ3n) is 3.95. The molecule has 2 aromatic heterocycles. The Morgan fingerprint density at radius 3 is 3.29 bits per heavy atom. The first-order chi connectivity index (χ1) is 10.3. The highest BCUT2D eigenvalue weighted by atomic mass is 32.1. The second kappa shape index (κ2) is 6.25. The molecule has 0 aliphatic carbocycles. The molecular formula is C16H18N4S. The summed E-state index contributed by atoms with van der Waals surface area (Å²) in [6.45, 7) is 5.14. The van der Waals surface area contributed by atoms with E-state index in [9.17, 15) is 0 Å². The summed E-state index contributed by atoms with van der Waals surface area (Å²) in [5, 5.41) is 14.6. The van der Waals surface area contributed by atoms with Crippen molar-refractivity contribution in [1.82, 2.24) is 9.88 Å². The van der Waals surface area contributed by atoms with Crippen molar-refractivity contribution in [2.24, 2.45) is 0 Å². The van der Waals surface area contributed by atoms with Crippen LogP contribution >= 0.6 is 11.3 Å². The zero-order valence-corrected chi connectivity index (χ0v) is 12.9. The van der Waals surface area contributed by atoms with Crippen molar-refractivity contribution in [3.8, 4) is 6.07 Å². The molecule has 3 heterocycles. The number of nitrogens with one attached hydrogen (secondary N) is 1. The Hall–Kier alpha value is -1.90. The molecule has 0 radical (unpaired) electrons. The number of pyridine rings is 1. The third kappa shape index (κ3) is 3.07. The molecule has 0 unspecified atom stereocenters. The zero-order chi connectivity index (χ0) is 14.7. The molecule has 21 heavy (non-hydrogen) atoms. The average Bonchev–Trinajstić information content (AvgIpc) is 3.00. The van der Waals surface area contributed by atoms with Crippen LogP contribution in [0.2, 0.25) is 0 Å². The highest BCUT2D eigenvalue weighted by molar-refractivity contribution is 7.10. The number of rotatable bonds is 4. The van der Waals surface area contributed by atoms with Crippen molar-refractivity contribution in [1.29, 1.82) is 5.26 Å². The minimum Gasteiger partial charge on any atom is -0.367 e. The summed E-state index contributed by atoms with van der Waals surface area (Å²) < 4.78 is 0. The van der Waals surface area contributed by atoms with Crippen molar-refractivity contribution in [2.45, 2.75) is 25.9 Å². The Kier molecular flexibility index (Phi) is 4.18. The van der Waals surface area contributed by atoms with E-state index in [1.54, 1.807) is 18.3 Å². The lowest BCUT2D eigenvalue weighted by molar-refractivity contribution is 0.200. The fraction of sp³-hybridized carbons (Fsp3) is 0.375. The van der Waals surface area contributed by atoms with Gasteiger partial charge in [-0.05, 0) is 42.5 Å². The van der Waals surface area contributed by atoms with Gasteiger partial charge in [0, 0.05) is 36.8 Å². The maximum atomic E-state index is 9.08. The highest BCUT2D eigenvalue weighted by Gasteiger charge is 2.21. The van der Waals surface area contributed by atoms with Crippen molar-refractivity contribution in [3.63, 3.8) is 0 Å². The van der Waals surface area contributed by atoms with E-state index in [0.29, 0.717) is 17.4 Å². The van der Waals surface area contributed by atoms with Crippen LogP contribution in [0.4, 0.5) is 5.82 Å². The van der Waals surface area contributed by atoms with Crippen LogP contribution in [0, 0.1) is 11.3 Å². The first-order valence-electron chi connectivity index (χ1n) is 7.16. The quantitative estimate of drug-likeness (QED) is 0.943. The molecule has 1 aliphatic heterocycles. The Labute approximate surface area is 129 Å². The van der Waals surface area contributed by atoms with Crippen LogP contribution < -0.4 is 5.32 Å². The van der Waals surface area contributed by atoms with Crippen molar-refractivity contribution >= 4 is 17.2 Å². The largest absolute Gasteiger partial charge is 0.367 e. The van der Waals surface area contributed by atoms with E-state index in [1.165, 1.54) is 10.4 Å². The highest BCUT2D eigenvalue weighted by Crippen LogP contribution is 2.25. The van der Waals surface area contributed by atoms with Gasteiger partial charge in [0.05, 0.1) is 5.56 Å². The van der Waals surface area contributed by atoms with Gasteiger partial charge in [0.25, 0.3) is 0 Å². The standard InChI is InChI=1S/C16H18N4S/c1-12(10-19-16-13(9-17)3-2-6-18-16)20-7-4-15-14(11-20)5-8-21-15/h2-3,5-6,8,12H,4,7,10-11H2,1H3,(H,18,19)/t12-/m1/s1. The molecule has 4 nitrogen and oxygen atoms in total. The second-order valence-electron chi connectivity index (χ2n) is 5.33. The molecular weight excluding hydrogens is 280 g/mol. The summed E-state index contributed by atoms with van der Waals surface area (Å²) in [5.74, 6) is 0.681. The minimum absolute atomic E-state index is 0.409. The summed E-state index contributed by atoms with van der Waals surface area (Å²) in [4.78, 5) is 8.26. The van der Waals surface area contributed by atoms with E-state index in [4.69, 9.17) is 5.26 Å². The van der Waals surface area contributed by atoms with Gasteiger partial charge in [-0.2, -0.15) is 5.26 Å². The number of hydrogen-bond donors (Lipinski definition) is 1. The number of hydrogen-bond acceptors (Lipinski definition) is 5. The second-order valence-corrected chi connectivity index (χ2v) is 6.33. The van der Waals surface area contributed by atoms with Gasteiger partial charge in [-0.15, -0.1) is 11.3 Å². The predicted molar refractivity (Wildman–Crippen MR) is 85.3 cm³/mol. The summed E-state index contributed by atoms with van der Waals surface area (Å²) in [6.07, 6.45) is 2.86. The van der Waals surface area contributed by atoms with Gasteiger partial charge in [0.2, 0.25) is 0 Å². The van der Waals surface area contributed by atoms with Gasteiger partial charge >= 0.3 is 0 Å². The summed E-state index contributed by atoms with van der Waals surface area (Å²) in [6, 6.07) is 8.39. The number of fused-ring (bicyclic) bond motifs is 1. The average molecular weight is 298 g/mol. The molecule has 0 saturated carbocycles. The van der Waals surface area contributed by atoms with Gasteiger partial charge in [-0.25, -0.2) is 4.98 Å². The first-order valence-corrected chi connectivity index (χ1v) is 8.04. The fourth-order valence-electron chi connectivity index (χ4n) is 2.66. The van der Waals surface area contributed by atoms with Crippen molar-refractivity contribution in [2.75, 3.05) is 18.4 Å². The molecule has 1 aliphatic rings. The normalized spacial score (nSPS) is 16.0. The zero-order valence-electron chi connectivity index (χ0n) is 12.0. The molecule has 5 heteroatoms. The lowest BCUT2D eigenvalue weighted by Gasteiger charge is -2.32. The fourth-order valence-corrected chi connectivity index (χ4v) is 3.55. The Morgan fingerprint density at radius 2 is 2.43 bits per heavy atom. The Morgan fingerprint density at radius 1 is 1.52 bits per heavy atom. The van der Waals surface area contributed by atoms with Gasteiger partial charge in [-0.1, -0.05) is 0 Å². The van der Waals surface area contributed by atoms with Crippen molar-refractivity contribution in [3.05, 3.63) is 45.8 Å². The van der Waals surface area contributed by atoms with Gasteiger partial charge < -0.3 is 5.32 Å². The molecule has 0 amide bonds. The molecule has 2 aromatic rings. The Balaban J connectivity index is 1.60. The summed E-state index contributed by atoms with van der Waals surface area (Å²) in [7, 11) is 0. The Bertz CT molecular complexity index is 658. The molecule has 0 aromatic carbocycles. The maximum absolute atomic E-state index is 9.08. The summed E-state index contributed by atoms with van der Waals surface area (Å²) >= 11 is 1.87. The van der Waals surface area contributed by atoms with Crippen LogP contribution in [-0.4, -0.2) is 29.0 Å². The SMILES string of the molecule is C[C@H](CNc1ncccc1C#N)N1CCc2sccc2C1. The molecule has 108 valence electrons. The number of thiophene rings is 1. The molecule has 1 atom stereocenters. The van der Waals surface area contributed by atoms with E-state index >= 15 is 0 Å². The number of nitrogens with zero attached hydrogens (tertiary/aromatic N) is 3. The van der Waals surface area contributed by atoms with E-state index < -0.39 is 0 Å². The van der Waals surface area contributed by atoms with Crippen LogP contribution in [0.1, 0.15) is 22.9 Å². The summed E-state index contributed by atoms with van der Waals surface area (Å²) in [5.41, 5.74) is 2.07. The number of nitriles is 1. The smallest absolute Gasteiger partial charge is 0.143 e. The lowest BCUT2D eigenvalue weighted by Crippen LogP contribution is -2.40. The van der Waals surface area contributed by atoms with E-state index in [1.807, 2.05) is 11.3 Å². The van der Waals surface area contributed by atoms with Gasteiger partial charge in [0.15, 0.2) is 0 Å². The predicted octanol–water partition coefficient (Wildman–Crippen LogP) is 2.87. The molecule has 1 N–H and O–H groups in total. The topological polar surface area (TPSA) is 52.0 Å². The van der Waals surface area contributed by atoms with Crippen LogP contribution in [0.3, 0.4) is 0 Å². The van der Waals surface area contributed by atoms with Crippen molar-refractivity contribution < 1.29 is 0 Å². The lowest BCUT2D eigenvalue weighted by atomic mass is 10.1. The molecule has 3 rings (SSSR count). The molecule has 0 spiro atoms. The van der Waals surface area contributed by atoms with Crippen LogP contribution in [-0.2, 0) is 13.0 Å². The molecule has 0 bridgehead atoms. The molecule has 0 saturated heterocycles.